The van der Waals surface area contributed by atoms with Gasteiger partial charge >= 0.3 is 5.97 Å². The van der Waals surface area contributed by atoms with Gasteiger partial charge in [-0.25, -0.2) is 19.2 Å². The van der Waals surface area contributed by atoms with Gasteiger partial charge in [-0.05, 0) is 56.2 Å². The number of carboxylic acid groups (broad SMARTS) is 1. The molecular weight excluding hydrogens is 467 g/mol. The van der Waals surface area contributed by atoms with Crippen LogP contribution >= 0.6 is 0 Å². The largest absolute Gasteiger partial charge is 0.481 e. The number of likely N-dealkylation sites (tertiary alicyclic amines) is 1. The van der Waals surface area contributed by atoms with Crippen LogP contribution in [0.15, 0.2) is 60.9 Å². The predicted molar refractivity (Wildman–Crippen MR) is 128 cm³/mol. The smallest absolute Gasteiger partial charge is 0.326 e. The van der Waals surface area contributed by atoms with Gasteiger partial charge in [-0.1, -0.05) is 12.1 Å². The molecule has 1 unspecified atom stereocenters. The molecule has 1 aliphatic rings. The lowest BCUT2D eigenvalue weighted by Gasteiger charge is -2.25. The highest BCUT2D eigenvalue weighted by Gasteiger charge is 2.36. The molecule has 2 N–H and O–H groups in total. The van der Waals surface area contributed by atoms with Crippen LogP contribution in [-0.4, -0.2) is 55.5 Å². The van der Waals surface area contributed by atoms with Gasteiger partial charge in [-0.15, -0.1) is 0 Å². The van der Waals surface area contributed by atoms with Gasteiger partial charge in [0.05, 0.1) is 5.39 Å². The molecule has 184 valence electrons. The fourth-order valence-corrected chi connectivity index (χ4v) is 4.21. The molecule has 0 radical (unpaired) electrons. The number of nitrogens with one attached hydrogen (secondary N) is 1. The highest BCUT2D eigenvalue weighted by atomic mass is 19.1. The molecule has 1 amide bonds. The van der Waals surface area contributed by atoms with Gasteiger partial charge in [0.1, 0.15) is 17.4 Å². The van der Waals surface area contributed by atoms with Gasteiger partial charge in [0.15, 0.2) is 29.2 Å². The number of carboxylic acids is 1. The molecule has 5 rings (SSSR count). The lowest BCUT2D eigenvalue weighted by Crippen LogP contribution is -2.46. The first-order valence-electron chi connectivity index (χ1n) is 11.5. The highest BCUT2D eigenvalue weighted by Crippen LogP contribution is 2.31. The molecule has 9 nitrogen and oxygen atoms in total. The Morgan fingerprint density at radius 1 is 1.17 bits per heavy atom. The van der Waals surface area contributed by atoms with Crippen LogP contribution in [0.3, 0.4) is 0 Å². The summed E-state index contributed by atoms with van der Waals surface area (Å²) in [5, 5.41) is 9.92. The summed E-state index contributed by atoms with van der Waals surface area (Å²) in [7, 11) is 0. The van der Waals surface area contributed by atoms with E-state index >= 15 is 0 Å². The highest BCUT2D eigenvalue weighted by molar-refractivity contribution is 5.87. The predicted octanol–water partition coefficient (Wildman–Crippen LogP) is 4.40. The van der Waals surface area contributed by atoms with Crippen LogP contribution in [0, 0.1) is 5.82 Å². The van der Waals surface area contributed by atoms with E-state index in [1.807, 2.05) is 0 Å². The number of H-pyrrole nitrogens is 1. The first-order valence-corrected chi connectivity index (χ1v) is 11.5. The van der Waals surface area contributed by atoms with Crippen LogP contribution in [0.4, 0.5) is 4.39 Å². The summed E-state index contributed by atoms with van der Waals surface area (Å²) >= 11 is 0. The third kappa shape index (κ3) is 4.57. The molecule has 4 aromatic rings. The summed E-state index contributed by atoms with van der Waals surface area (Å²) in [4.78, 5) is 37.4. The third-order valence-electron chi connectivity index (χ3n) is 6.04. The maximum absolute atomic E-state index is 13.9. The van der Waals surface area contributed by atoms with Crippen molar-refractivity contribution in [3.8, 4) is 28.6 Å². The molecule has 0 bridgehead atoms. The minimum absolute atomic E-state index is 0.106. The first-order chi connectivity index (χ1) is 17.4. The van der Waals surface area contributed by atoms with Crippen molar-refractivity contribution < 1.29 is 28.6 Å². The maximum atomic E-state index is 13.9. The standard InChI is InChI=1S/C26H23FN4O5/c1-15(25(32)31-12-4-6-20(31)26(33)34)35-17-10-8-16(9-11-17)23-28-13-18-22(14-29-24(18)30-23)36-21-7-3-2-5-19(21)27/h2-3,5,7-11,13-15,20H,4,6,12H2,1H3,(H,33,34)(H,28,29,30)/t15?,20-/m0/s1. The van der Waals surface area contributed by atoms with Crippen molar-refractivity contribution in [2.45, 2.75) is 31.9 Å². The van der Waals surface area contributed by atoms with Crippen LogP contribution in [0.1, 0.15) is 19.8 Å². The number of amides is 1. The number of halogens is 1. The van der Waals surface area contributed by atoms with Crippen molar-refractivity contribution in [3.63, 3.8) is 0 Å². The Bertz CT molecular complexity index is 1420. The second-order valence-corrected chi connectivity index (χ2v) is 8.45. The number of hydrogen-bond donors (Lipinski definition) is 2. The number of aliphatic carboxylic acids is 1. The molecule has 1 fully saturated rings. The van der Waals surface area contributed by atoms with Crippen molar-refractivity contribution in [2.75, 3.05) is 6.54 Å². The summed E-state index contributed by atoms with van der Waals surface area (Å²) < 4.78 is 25.4. The van der Waals surface area contributed by atoms with E-state index in [9.17, 15) is 19.1 Å². The van der Waals surface area contributed by atoms with Gasteiger partial charge in [-0.3, -0.25) is 4.79 Å². The minimum Gasteiger partial charge on any atom is -0.481 e. The fourth-order valence-electron chi connectivity index (χ4n) is 4.21. The lowest BCUT2D eigenvalue weighted by atomic mass is 10.2. The second kappa shape index (κ2) is 9.65. The van der Waals surface area contributed by atoms with Crippen LogP contribution in [0.25, 0.3) is 22.4 Å². The average Bonchev–Trinajstić information content (AvgIpc) is 3.53. The number of carbonyl (C=O) groups excluding carboxylic acids is 1. The minimum atomic E-state index is -0.998. The Balaban J connectivity index is 1.28. The van der Waals surface area contributed by atoms with E-state index in [2.05, 4.69) is 15.0 Å². The monoisotopic (exact) mass is 490 g/mol. The van der Waals surface area contributed by atoms with Crippen molar-refractivity contribution in [1.82, 2.24) is 19.9 Å². The number of carbonyl (C=O) groups is 2. The fraction of sp³-hybridized carbons (Fsp3) is 0.231. The zero-order chi connectivity index (χ0) is 25.2. The molecule has 0 aliphatic carbocycles. The summed E-state index contributed by atoms with van der Waals surface area (Å²) in [5.41, 5.74) is 1.25. The Morgan fingerprint density at radius 2 is 1.94 bits per heavy atom. The number of benzene rings is 2. The van der Waals surface area contributed by atoms with Crippen molar-refractivity contribution in [3.05, 3.63) is 66.7 Å². The zero-order valence-corrected chi connectivity index (χ0v) is 19.3. The quantitative estimate of drug-likeness (QED) is 0.394. The molecule has 0 spiro atoms. The van der Waals surface area contributed by atoms with Gasteiger partial charge in [0, 0.05) is 24.5 Å². The summed E-state index contributed by atoms with van der Waals surface area (Å²) in [5.74, 6) is -0.377. The normalized spacial score (nSPS) is 16.2. The van der Waals surface area contributed by atoms with E-state index in [4.69, 9.17) is 9.47 Å². The van der Waals surface area contributed by atoms with Gasteiger partial charge in [0.2, 0.25) is 0 Å². The summed E-state index contributed by atoms with van der Waals surface area (Å²) in [6.45, 7) is 2.02. The first kappa shape index (κ1) is 23.3. The van der Waals surface area contributed by atoms with Gasteiger partial charge in [0.25, 0.3) is 5.91 Å². The van der Waals surface area contributed by atoms with Crippen molar-refractivity contribution in [2.24, 2.45) is 0 Å². The number of aromatic amines is 1. The molecule has 2 aromatic carbocycles. The molecule has 36 heavy (non-hydrogen) atoms. The number of fused-ring (bicyclic) bond motifs is 1. The summed E-state index contributed by atoms with van der Waals surface area (Å²) in [6.07, 6.45) is 3.48. The van der Waals surface area contributed by atoms with Gasteiger partial charge in [-0.2, -0.15) is 0 Å². The molecule has 1 saturated heterocycles. The average molecular weight is 490 g/mol. The number of hydrogen-bond acceptors (Lipinski definition) is 6. The summed E-state index contributed by atoms with van der Waals surface area (Å²) in [6, 6.07) is 12.3. The number of nitrogens with zero attached hydrogens (tertiary/aromatic N) is 3. The van der Waals surface area contributed by atoms with Crippen LogP contribution in [0.2, 0.25) is 0 Å². The van der Waals surface area contributed by atoms with Crippen molar-refractivity contribution in [1.29, 1.82) is 0 Å². The SMILES string of the molecule is CC(Oc1ccc(-c2ncc3c(Oc4ccccc4F)c[nH]c3n2)cc1)C(=O)N1CCC[C@H]1C(=O)O. The van der Waals surface area contributed by atoms with E-state index in [0.717, 1.165) is 5.56 Å². The number of para-hydroxylation sites is 1. The molecule has 10 heteroatoms. The molecular formula is C26H23FN4O5. The Morgan fingerprint density at radius 3 is 2.69 bits per heavy atom. The molecule has 2 aromatic heterocycles. The molecule has 3 heterocycles. The number of ether oxygens (including phenoxy) is 2. The van der Waals surface area contributed by atoms with Crippen molar-refractivity contribution >= 4 is 22.9 Å². The third-order valence-corrected chi connectivity index (χ3v) is 6.04. The van der Waals surface area contributed by atoms with E-state index in [1.54, 1.807) is 55.7 Å². The van der Waals surface area contributed by atoms with Crippen LogP contribution < -0.4 is 9.47 Å². The molecule has 0 saturated carbocycles. The molecule has 1 aliphatic heterocycles. The number of rotatable bonds is 7. The van der Waals surface area contributed by atoms with E-state index in [0.29, 0.717) is 47.7 Å². The Kier molecular flexibility index (Phi) is 6.24. The van der Waals surface area contributed by atoms with Crippen LogP contribution in [-0.2, 0) is 9.59 Å². The van der Waals surface area contributed by atoms with Gasteiger partial charge < -0.3 is 24.5 Å². The van der Waals surface area contributed by atoms with E-state index < -0.39 is 23.9 Å². The van der Waals surface area contributed by atoms with E-state index in [-0.39, 0.29) is 11.7 Å². The zero-order valence-electron chi connectivity index (χ0n) is 19.3. The number of aromatic nitrogens is 3. The lowest BCUT2D eigenvalue weighted by molar-refractivity contribution is -0.150. The second-order valence-electron chi connectivity index (χ2n) is 8.45. The maximum Gasteiger partial charge on any atom is 0.326 e. The molecule has 2 atom stereocenters. The van der Waals surface area contributed by atoms with Crippen LogP contribution in [0.5, 0.6) is 17.2 Å². The topological polar surface area (TPSA) is 118 Å². The Labute approximate surface area is 205 Å². The Hall–Kier alpha value is -4.47. The van der Waals surface area contributed by atoms with E-state index in [1.165, 1.54) is 17.0 Å².